The van der Waals surface area contributed by atoms with E-state index >= 15 is 0 Å². The van der Waals surface area contributed by atoms with Crippen molar-refractivity contribution in [1.82, 2.24) is 15.0 Å². The standard InChI is InChI=1S/C53H35N3Si/c1-4-15-38(16-5-1)51-54-52(39-27-24-37(25-28-39)43-29-26-36-14-10-11-17-40(36)32-43)56-53(55-51)44-30-31-47-48-33-41-18-12-13-19-42(41)34-50(48)57(49(47)35-44,45-20-6-2-7-21-45)46-22-8-3-9-23-46/h1-35H. The van der Waals surface area contributed by atoms with Crippen molar-refractivity contribution in [3.63, 3.8) is 0 Å². The number of hydrogen-bond donors (Lipinski definition) is 0. The van der Waals surface area contributed by atoms with Gasteiger partial charge in [-0.05, 0) is 76.7 Å². The lowest BCUT2D eigenvalue weighted by Gasteiger charge is -2.31. The Labute approximate surface area is 332 Å². The van der Waals surface area contributed by atoms with Gasteiger partial charge in [0.25, 0.3) is 0 Å². The molecule has 3 nitrogen and oxygen atoms in total. The summed E-state index contributed by atoms with van der Waals surface area (Å²) in [5.41, 5.74) is 7.78. The van der Waals surface area contributed by atoms with Crippen molar-refractivity contribution in [2.45, 2.75) is 0 Å². The molecule has 1 aliphatic rings. The number of nitrogens with zero attached hydrogens (tertiary/aromatic N) is 3. The Bertz CT molecular complexity index is 3070. The van der Waals surface area contributed by atoms with Gasteiger partial charge in [-0.2, -0.15) is 0 Å². The first kappa shape index (κ1) is 33.1. The summed E-state index contributed by atoms with van der Waals surface area (Å²) >= 11 is 0. The van der Waals surface area contributed by atoms with Gasteiger partial charge in [0.2, 0.25) is 0 Å². The van der Waals surface area contributed by atoms with Crippen LogP contribution in [0.3, 0.4) is 0 Å². The van der Waals surface area contributed by atoms with Crippen LogP contribution in [-0.2, 0) is 0 Å². The molecule has 266 valence electrons. The number of fused-ring (bicyclic) bond motifs is 5. The zero-order valence-electron chi connectivity index (χ0n) is 31.0. The number of aromatic nitrogens is 3. The van der Waals surface area contributed by atoms with Crippen LogP contribution in [0.5, 0.6) is 0 Å². The zero-order valence-corrected chi connectivity index (χ0v) is 32.0. The first-order valence-corrected chi connectivity index (χ1v) is 21.4. The van der Waals surface area contributed by atoms with E-state index in [1.165, 1.54) is 59.0 Å². The Morgan fingerprint density at radius 3 is 1.33 bits per heavy atom. The monoisotopic (exact) mass is 741 g/mol. The fourth-order valence-electron chi connectivity index (χ4n) is 8.84. The molecule has 10 aromatic rings. The predicted molar refractivity (Wildman–Crippen MR) is 239 cm³/mol. The molecule has 0 saturated heterocycles. The lowest BCUT2D eigenvalue weighted by molar-refractivity contribution is 1.07. The highest BCUT2D eigenvalue weighted by atomic mass is 28.3. The summed E-state index contributed by atoms with van der Waals surface area (Å²) in [6.07, 6.45) is 0. The van der Waals surface area contributed by atoms with Gasteiger partial charge in [0.1, 0.15) is 0 Å². The Balaban J connectivity index is 1.10. The van der Waals surface area contributed by atoms with Crippen LogP contribution in [-0.4, -0.2) is 23.0 Å². The van der Waals surface area contributed by atoms with Gasteiger partial charge in [-0.3, -0.25) is 0 Å². The average Bonchev–Trinajstić information content (AvgIpc) is 3.58. The molecule has 0 fully saturated rings. The quantitative estimate of drug-likeness (QED) is 0.159. The molecule has 4 heteroatoms. The van der Waals surface area contributed by atoms with Crippen LogP contribution >= 0.6 is 0 Å². The summed E-state index contributed by atoms with van der Waals surface area (Å²) < 4.78 is 0. The molecule has 11 rings (SSSR count). The zero-order chi connectivity index (χ0) is 37.8. The predicted octanol–water partition coefficient (Wildman–Crippen LogP) is 10.2. The average molecular weight is 742 g/mol. The molecular formula is C53H35N3Si. The highest BCUT2D eigenvalue weighted by Gasteiger charge is 2.49. The van der Waals surface area contributed by atoms with Crippen LogP contribution in [0.2, 0.25) is 0 Å². The van der Waals surface area contributed by atoms with Crippen molar-refractivity contribution in [2.75, 3.05) is 0 Å². The van der Waals surface area contributed by atoms with Crippen LogP contribution in [0.1, 0.15) is 0 Å². The highest BCUT2D eigenvalue weighted by molar-refractivity contribution is 7.22. The number of hydrogen-bond acceptors (Lipinski definition) is 3. The van der Waals surface area contributed by atoms with E-state index in [1.54, 1.807) is 0 Å². The van der Waals surface area contributed by atoms with Crippen molar-refractivity contribution in [2.24, 2.45) is 0 Å². The molecule has 9 aromatic carbocycles. The van der Waals surface area contributed by atoms with E-state index in [4.69, 9.17) is 15.0 Å². The van der Waals surface area contributed by atoms with Gasteiger partial charge in [0.15, 0.2) is 25.5 Å². The molecule has 57 heavy (non-hydrogen) atoms. The maximum Gasteiger partial charge on any atom is 0.180 e. The largest absolute Gasteiger partial charge is 0.208 e. The van der Waals surface area contributed by atoms with E-state index < -0.39 is 8.07 Å². The molecule has 0 unspecified atom stereocenters. The maximum absolute atomic E-state index is 5.25. The van der Waals surface area contributed by atoms with Gasteiger partial charge in [0.05, 0.1) is 0 Å². The van der Waals surface area contributed by atoms with E-state index in [9.17, 15) is 0 Å². The van der Waals surface area contributed by atoms with Gasteiger partial charge in [-0.25, -0.2) is 15.0 Å². The molecule has 0 atom stereocenters. The summed E-state index contributed by atoms with van der Waals surface area (Å²) in [6, 6.07) is 76.8. The van der Waals surface area contributed by atoms with Crippen LogP contribution in [0, 0.1) is 0 Å². The highest BCUT2D eigenvalue weighted by Crippen LogP contribution is 2.35. The molecule has 0 amide bonds. The Morgan fingerprint density at radius 2 is 0.702 bits per heavy atom. The SMILES string of the molecule is c1ccc(-c2nc(-c3ccc(-c4ccc5ccccc5c4)cc3)nc(-c3ccc4c(c3)[Si](c3ccccc3)(c3ccccc3)c3cc5ccccc5cc3-4)n2)cc1. The molecule has 0 bridgehead atoms. The smallest absolute Gasteiger partial charge is 0.180 e. The third-order valence-electron chi connectivity index (χ3n) is 11.6. The third kappa shape index (κ3) is 5.53. The van der Waals surface area contributed by atoms with E-state index in [0.717, 1.165) is 22.3 Å². The first-order chi connectivity index (χ1) is 28.2. The van der Waals surface area contributed by atoms with E-state index in [-0.39, 0.29) is 0 Å². The van der Waals surface area contributed by atoms with E-state index in [2.05, 4.69) is 194 Å². The molecule has 0 spiro atoms. The summed E-state index contributed by atoms with van der Waals surface area (Å²) in [7, 11) is -2.79. The lowest BCUT2D eigenvalue weighted by atomic mass is 10.00. The van der Waals surface area contributed by atoms with Gasteiger partial charge >= 0.3 is 0 Å². The second kappa shape index (κ2) is 13.5. The summed E-state index contributed by atoms with van der Waals surface area (Å²) in [5, 5.41) is 10.5. The maximum atomic E-state index is 5.25. The minimum atomic E-state index is -2.79. The fraction of sp³-hybridized carbons (Fsp3) is 0. The minimum Gasteiger partial charge on any atom is -0.208 e. The van der Waals surface area contributed by atoms with Crippen LogP contribution in [0.4, 0.5) is 0 Å². The van der Waals surface area contributed by atoms with Crippen LogP contribution in [0.15, 0.2) is 212 Å². The molecule has 1 aliphatic heterocycles. The Kier molecular flexibility index (Phi) is 7.83. The summed E-state index contributed by atoms with van der Waals surface area (Å²) in [5.74, 6) is 1.96. The number of benzene rings is 9. The molecule has 1 aromatic heterocycles. The lowest BCUT2D eigenvalue weighted by Crippen LogP contribution is -2.72. The van der Waals surface area contributed by atoms with Crippen LogP contribution < -0.4 is 20.7 Å². The summed E-state index contributed by atoms with van der Waals surface area (Å²) in [6.45, 7) is 0. The second-order valence-corrected chi connectivity index (χ2v) is 18.5. The second-order valence-electron chi connectivity index (χ2n) is 14.8. The summed E-state index contributed by atoms with van der Waals surface area (Å²) in [4.78, 5) is 15.5. The van der Waals surface area contributed by atoms with Crippen molar-refractivity contribution < 1.29 is 0 Å². The van der Waals surface area contributed by atoms with Crippen molar-refractivity contribution >= 4 is 50.4 Å². The third-order valence-corrected chi connectivity index (χ3v) is 16.4. The first-order valence-electron chi connectivity index (χ1n) is 19.4. The van der Waals surface area contributed by atoms with Gasteiger partial charge in [-0.15, -0.1) is 0 Å². The number of rotatable bonds is 6. The molecule has 0 radical (unpaired) electrons. The van der Waals surface area contributed by atoms with E-state index in [0.29, 0.717) is 17.5 Å². The van der Waals surface area contributed by atoms with Gasteiger partial charge in [-0.1, -0.05) is 200 Å². The van der Waals surface area contributed by atoms with E-state index in [1.807, 2.05) is 18.2 Å². The topological polar surface area (TPSA) is 38.7 Å². The van der Waals surface area contributed by atoms with Crippen molar-refractivity contribution in [1.29, 1.82) is 0 Å². The van der Waals surface area contributed by atoms with Crippen molar-refractivity contribution in [3.8, 4) is 56.4 Å². The van der Waals surface area contributed by atoms with Crippen molar-refractivity contribution in [3.05, 3.63) is 212 Å². The fourth-order valence-corrected chi connectivity index (χ4v) is 14.1. The molecule has 0 N–H and O–H groups in total. The van der Waals surface area contributed by atoms with Crippen LogP contribution in [0.25, 0.3) is 78.0 Å². The molecule has 2 heterocycles. The van der Waals surface area contributed by atoms with Gasteiger partial charge in [0, 0.05) is 16.7 Å². The van der Waals surface area contributed by atoms with Gasteiger partial charge < -0.3 is 0 Å². The molecular weight excluding hydrogens is 707 g/mol. The molecule has 0 saturated carbocycles. The normalized spacial score (nSPS) is 12.7. The Hall–Kier alpha value is -7.27. The Morgan fingerprint density at radius 1 is 0.263 bits per heavy atom. The molecule has 0 aliphatic carbocycles. The minimum absolute atomic E-state index is 0.647.